The van der Waals surface area contributed by atoms with Crippen LogP contribution in [0.15, 0.2) is 42.5 Å². The van der Waals surface area contributed by atoms with E-state index in [0.29, 0.717) is 0 Å². The summed E-state index contributed by atoms with van der Waals surface area (Å²) in [6.45, 7) is 9.10. The molecule has 0 unspecified atom stereocenters. The van der Waals surface area contributed by atoms with E-state index in [1.165, 1.54) is 10.8 Å². The first-order valence-corrected chi connectivity index (χ1v) is 7.11. The van der Waals surface area contributed by atoms with Crippen molar-refractivity contribution in [2.75, 3.05) is 0 Å². The van der Waals surface area contributed by atoms with Gasteiger partial charge < -0.3 is 0 Å². The first-order chi connectivity index (χ1) is 7.59. The van der Waals surface area contributed by atoms with Crippen LogP contribution in [0.4, 0.5) is 0 Å². The third-order valence-electron chi connectivity index (χ3n) is 2.21. The standard InChI is InChI=1S/C9H7.C6H15P.Zr/c1-2-5-9-7-3-6-8(9)4-1;1-5(2)7-6(3)4;/h1-7H;5-7H,1-4H3;/q-1;;. The van der Waals surface area contributed by atoms with Crippen LogP contribution in [0.2, 0.25) is 0 Å². The number of hydrogen-bond donors (Lipinski definition) is 0. The van der Waals surface area contributed by atoms with Crippen molar-refractivity contribution >= 4 is 19.4 Å². The number of hydrogen-bond acceptors (Lipinski definition) is 0. The molecule has 0 atom stereocenters. The van der Waals surface area contributed by atoms with E-state index >= 15 is 0 Å². The summed E-state index contributed by atoms with van der Waals surface area (Å²) < 4.78 is 0. The van der Waals surface area contributed by atoms with Crippen LogP contribution in [0.3, 0.4) is 0 Å². The van der Waals surface area contributed by atoms with Crippen LogP contribution >= 0.6 is 8.58 Å². The normalized spacial score (nSPS) is 10.0. The zero-order valence-corrected chi connectivity index (χ0v) is 14.7. The smallest absolute Gasteiger partial charge is 0 e. The fraction of sp³-hybridized carbons (Fsp3) is 0.400. The minimum absolute atomic E-state index is 0. The maximum Gasteiger partial charge on any atom is 0 e. The summed E-state index contributed by atoms with van der Waals surface area (Å²) in [7, 11) is 1.15. The van der Waals surface area contributed by atoms with Crippen LogP contribution in [0.25, 0.3) is 10.8 Å². The molecular formula is C15H22PZr-. The van der Waals surface area contributed by atoms with Crippen LogP contribution in [0, 0.1) is 0 Å². The molecule has 0 aliphatic rings. The second-order valence-corrected chi connectivity index (χ2v) is 7.27. The van der Waals surface area contributed by atoms with Crippen molar-refractivity contribution in [3.05, 3.63) is 42.5 Å². The van der Waals surface area contributed by atoms with Crippen molar-refractivity contribution < 1.29 is 26.2 Å². The van der Waals surface area contributed by atoms with E-state index in [4.69, 9.17) is 0 Å². The molecule has 0 nitrogen and oxygen atoms in total. The van der Waals surface area contributed by atoms with Gasteiger partial charge in [-0.25, -0.2) is 0 Å². The Labute approximate surface area is 126 Å². The van der Waals surface area contributed by atoms with Gasteiger partial charge in [0.1, 0.15) is 0 Å². The van der Waals surface area contributed by atoms with E-state index < -0.39 is 0 Å². The van der Waals surface area contributed by atoms with Crippen molar-refractivity contribution in [1.29, 1.82) is 0 Å². The Bertz CT molecular complexity index is 368. The first kappa shape index (κ1) is 17.1. The minimum atomic E-state index is 0. The summed E-state index contributed by atoms with van der Waals surface area (Å²) in [5.41, 5.74) is 1.81. The van der Waals surface area contributed by atoms with Crippen molar-refractivity contribution in [3.8, 4) is 0 Å². The van der Waals surface area contributed by atoms with Gasteiger partial charge in [0.05, 0.1) is 0 Å². The molecule has 2 aromatic rings. The molecule has 0 fully saturated rings. The topological polar surface area (TPSA) is 0 Å². The van der Waals surface area contributed by atoms with Gasteiger partial charge in [0.15, 0.2) is 0 Å². The van der Waals surface area contributed by atoms with E-state index in [9.17, 15) is 0 Å². The molecule has 0 radical (unpaired) electrons. The molecule has 0 aliphatic carbocycles. The molecule has 2 aromatic carbocycles. The van der Waals surface area contributed by atoms with E-state index in [0.717, 1.165) is 19.9 Å². The number of rotatable bonds is 2. The molecule has 0 N–H and O–H groups in total. The van der Waals surface area contributed by atoms with Gasteiger partial charge in [0, 0.05) is 26.2 Å². The Morgan fingerprint density at radius 2 is 1.53 bits per heavy atom. The van der Waals surface area contributed by atoms with Gasteiger partial charge in [-0.2, -0.15) is 17.5 Å². The Balaban J connectivity index is 0.000000296. The molecule has 0 spiro atoms. The quantitative estimate of drug-likeness (QED) is 0.536. The molecule has 0 saturated carbocycles. The van der Waals surface area contributed by atoms with Crippen LogP contribution < -0.4 is 0 Å². The zero-order chi connectivity index (χ0) is 12.0. The van der Waals surface area contributed by atoms with Crippen molar-refractivity contribution in [1.82, 2.24) is 0 Å². The van der Waals surface area contributed by atoms with Gasteiger partial charge in [-0.15, -0.1) is 38.2 Å². The molecule has 0 amide bonds. The number of fused-ring (bicyclic) bond motifs is 1. The van der Waals surface area contributed by atoms with Crippen molar-refractivity contribution in [2.24, 2.45) is 0 Å². The van der Waals surface area contributed by atoms with E-state index in [2.05, 4.69) is 70.2 Å². The average molecular weight is 325 g/mol. The third-order valence-corrected chi connectivity index (χ3v) is 3.55. The molecule has 0 heterocycles. The second kappa shape index (κ2) is 9.12. The Morgan fingerprint density at radius 1 is 0.941 bits per heavy atom. The van der Waals surface area contributed by atoms with Crippen LogP contribution in [-0.2, 0) is 26.2 Å². The Hall–Kier alpha value is 0.143. The molecule has 92 valence electrons. The Kier molecular flexibility index (Phi) is 9.20. The summed E-state index contributed by atoms with van der Waals surface area (Å²) in [5.74, 6) is 0. The predicted octanol–water partition coefficient (Wildman–Crippen LogP) is 5.04. The summed E-state index contributed by atoms with van der Waals surface area (Å²) in [5, 5.41) is 2.66. The summed E-state index contributed by atoms with van der Waals surface area (Å²) in [6.07, 6.45) is 0. The SMILES string of the molecule is CC(C)PC(C)C.[Zr].c1ccc2[cH-]ccc2c1. The molecule has 0 bridgehead atoms. The molecule has 2 rings (SSSR count). The summed E-state index contributed by atoms with van der Waals surface area (Å²) in [6, 6.07) is 14.7. The molecule has 0 aliphatic heterocycles. The Morgan fingerprint density at radius 3 is 2.00 bits per heavy atom. The van der Waals surface area contributed by atoms with Gasteiger partial charge in [-0.1, -0.05) is 33.8 Å². The molecule has 0 saturated heterocycles. The van der Waals surface area contributed by atoms with Crippen LogP contribution in [0.5, 0.6) is 0 Å². The van der Waals surface area contributed by atoms with E-state index in [1.807, 2.05) is 0 Å². The fourth-order valence-electron chi connectivity index (χ4n) is 1.74. The minimum Gasteiger partial charge on any atom is -0.168 e. The van der Waals surface area contributed by atoms with E-state index in [1.54, 1.807) is 0 Å². The largest absolute Gasteiger partial charge is 0.168 e. The summed E-state index contributed by atoms with van der Waals surface area (Å²) in [4.78, 5) is 0. The predicted molar refractivity (Wildman–Crippen MR) is 78.1 cm³/mol. The van der Waals surface area contributed by atoms with Crippen LogP contribution in [-0.4, -0.2) is 11.3 Å². The third kappa shape index (κ3) is 7.22. The maximum absolute atomic E-state index is 2.28. The average Bonchev–Trinajstić information content (AvgIpc) is 2.63. The molecule has 0 aromatic heterocycles. The van der Waals surface area contributed by atoms with Crippen molar-refractivity contribution in [2.45, 2.75) is 39.0 Å². The maximum atomic E-state index is 2.28. The molecule has 2 heteroatoms. The van der Waals surface area contributed by atoms with Gasteiger partial charge >= 0.3 is 0 Å². The summed E-state index contributed by atoms with van der Waals surface area (Å²) >= 11 is 0. The van der Waals surface area contributed by atoms with Gasteiger partial charge in [0.2, 0.25) is 0 Å². The first-order valence-electron chi connectivity index (χ1n) is 5.96. The molecular weight excluding hydrogens is 302 g/mol. The fourth-order valence-corrected chi connectivity index (χ4v) is 3.07. The van der Waals surface area contributed by atoms with Gasteiger partial charge in [0.25, 0.3) is 0 Å². The van der Waals surface area contributed by atoms with Gasteiger partial charge in [-0.05, 0) is 11.3 Å². The van der Waals surface area contributed by atoms with Crippen molar-refractivity contribution in [3.63, 3.8) is 0 Å². The second-order valence-electron chi connectivity index (χ2n) is 4.63. The molecule has 17 heavy (non-hydrogen) atoms. The zero-order valence-electron chi connectivity index (χ0n) is 11.2. The monoisotopic (exact) mass is 323 g/mol. The van der Waals surface area contributed by atoms with E-state index in [-0.39, 0.29) is 26.2 Å². The van der Waals surface area contributed by atoms with Gasteiger partial charge in [-0.3, -0.25) is 0 Å². The number of benzene rings is 1. The van der Waals surface area contributed by atoms with Crippen LogP contribution in [0.1, 0.15) is 27.7 Å².